The zero-order chi connectivity index (χ0) is 15.0. The van der Waals surface area contributed by atoms with Crippen molar-refractivity contribution in [2.45, 2.75) is 26.2 Å². The second-order valence-corrected chi connectivity index (χ2v) is 5.49. The number of carbonyl (C=O) groups is 1. The normalized spacial score (nSPS) is 18.2. The third-order valence-corrected chi connectivity index (χ3v) is 4.06. The molecule has 4 nitrogen and oxygen atoms in total. The quantitative estimate of drug-likeness (QED) is 0.853. The highest BCUT2D eigenvalue weighted by Gasteiger charge is 2.30. The van der Waals surface area contributed by atoms with Gasteiger partial charge in [-0.3, -0.25) is 4.79 Å². The molecule has 0 unspecified atom stereocenters. The Morgan fingerprint density at radius 3 is 2.67 bits per heavy atom. The van der Waals surface area contributed by atoms with Crippen LogP contribution in [0.2, 0.25) is 0 Å². The van der Waals surface area contributed by atoms with Crippen LogP contribution in [0.15, 0.2) is 28.8 Å². The van der Waals surface area contributed by atoms with E-state index in [1.807, 2.05) is 4.90 Å². The molecule has 1 aliphatic rings. The number of aryl methyl sites for hydroxylation is 2. The summed E-state index contributed by atoms with van der Waals surface area (Å²) in [5.74, 6) is 0.550. The average molecular weight is 288 g/mol. The molecular formula is C16H17FN2O2. The van der Waals surface area contributed by atoms with E-state index in [-0.39, 0.29) is 17.6 Å². The Kier molecular flexibility index (Phi) is 3.49. The lowest BCUT2D eigenvalue weighted by Crippen LogP contribution is -2.29. The van der Waals surface area contributed by atoms with Gasteiger partial charge in [0.2, 0.25) is 0 Å². The summed E-state index contributed by atoms with van der Waals surface area (Å²) in [6.45, 7) is 4.87. The lowest BCUT2D eigenvalue weighted by atomic mass is 9.98. The van der Waals surface area contributed by atoms with Gasteiger partial charge in [-0.15, -0.1) is 0 Å². The van der Waals surface area contributed by atoms with Crippen molar-refractivity contribution in [3.8, 4) is 0 Å². The molecule has 3 rings (SSSR count). The Bertz CT molecular complexity index is 644. The number of rotatable bonds is 2. The number of carbonyl (C=O) groups excluding carboxylic acids is 1. The number of halogens is 1. The van der Waals surface area contributed by atoms with E-state index < -0.39 is 0 Å². The van der Waals surface area contributed by atoms with Gasteiger partial charge in [-0.05, 0) is 38.0 Å². The van der Waals surface area contributed by atoms with Gasteiger partial charge in [-0.1, -0.05) is 17.3 Å². The zero-order valence-electron chi connectivity index (χ0n) is 12.1. The summed E-state index contributed by atoms with van der Waals surface area (Å²) >= 11 is 0. The van der Waals surface area contributed by atoms with Crippen LogP contribution in [0.1, 0.15) is 39.7 Å². The monoisotopic (exact) mass is 288 g/mol. The van der Waals surface area contributed by atoms with Crippen molar-refractivity contribution in [3.63, 3.8) is 0 Å². The number of hydrogen-bond donors (Lipinski definition) is 0. The molecule has 0 bridgehead atoms. The van der Waals surface area contributed by atoms with Gasteiger partial charge < -0.3 is 9.42 Å². The van der Waals surface area contributed by atoms with Crippen molar-refractivity contribution in [1.82, 2.24) is 10.1 Å². The van der Waals surface area contributed by atoms with Crippen LogP contribution in [0.25, 0.3) is 0 Å². The van der Waals surface area contributed by atoms with E-state index in [0.29, 0.717) is 30.1 Å². The Morgan fingerprint density at radius 2 is 2.05 bits per heavy atom. The Balaban J connectivity index is 1.75. The summed E-state index contributed by atoms with van der Waals surface area (Å²) in [5.41, 5.74) is 2.27. The Labute approximate surface area is 122 Å². The lowest BCUT2D eigenvalue weighted by Gasteiger charge is -2.16. The van der Waals surface area contributed by atoms with E-state index in [2.05, 4.69) is 5.16 Å². The SMILES string of the molecule is Cc1noc(C)c1C(=O)N1CC[C@@H](c2ccc(F)cc2)C1. The molecule has 0 N–H and O–H groups in total. The van der Waals surface area contributed by atoms with Crippen LogP contribution in [-0.4, -0.2) is 29.1 Å². The summed E-state index contributed by atoms with van der Waals surface area (Å²) in [7, 11) is 0. The fourth-order valence-corrected chi connectivity index (χ4v) is 2.90. The molecule has 1 fully saturated rings. The van der Waals surface area contributed by atoms with Crippen LogP contribution in [0.5, 0.6) is 0 Å². The molecule has 1 aromatic carbocycles. The van der Waals surface area contributed by atoms with Gasteiger partial charge >= 0.3 is 0 Å². The molecule has 0 radical (unpaired) electrons. The minimum atomic E-state index is -0.236. The summed E-state index contributed by atoms with van der Waals surface area (Å²) in [5, 5.41) is 3.83. The van der Waals surface area contributed by atoms with Crippen LogP contribution in [0.4, 0.5) is 4.39 Å². The van der Waals surface area contributed by atoms with Crippen molar-refractivity contribution in [2.24, 2.45) is 0 Å². The van der Waals surface area contributed by atoms with Crippen molar-refractivity contribution in [3.05, 3.63) is 52.7 Å². The predicted molar refractivity (Wildman–Crippen MR) is 75.6 cm³/mol. The van der Waals surface area contributed by atoms with Gasteiger partial charge in [-0.25, -0.2) is 4.39 Å². The van der Waals surface area contributed by atoms with E-state index in [0.717, 1.165) is 12.0 Å². The topological polar surface area (TPSA) is 46.3 Å². The summed E-state index contributed by atoms with van der Waals surface area (Å²) in [6.07, 6.45) is 0.890. The second-order valence-electron chi connectivity index (χ2n) is 5.49. The fourth-order valence-electron chi connectivity index (χ4n) is 2.90. The van der Waals surface area contributed by atoms with Gasteiger partial charge in [0.1, 0.15) is 17.1 Å². The number of aromatic nitrogens is 1. The van der Waals surface area contributed by atoms with Gasteiger partial charge in [0.15, 0.2) is 0 Å². The molecule has 2 aromatic rings. The van der Waals surface area contributed by atoms with E-state index in [9.17, 15) is 9.18 Å². The summed E-state index contributed by atoms with van der Waals surface area (Å²) in [4.78, 5) is 14.4. The smallest absolute Gasteiger partial charge is 0.259 e. The summed E-state index contributed by atoms with van der Waals surface area (Å²) in [6, 6.07) is 6.52. The van der Waals surface area contributed by atoms with Crippen molar-refractivity contribution < 1.29 is 13.7 Å². The molecule has 21 heavy (non-hydrogen) atoms. The van der Waals surface area contributed by atoms with E-state index in [1.165, 1.54) is 12.1 Å². The molecule has 2 heterocycles. The van der Waals surface area contributed by atoms with Crippen molar-refractivity contribution in [2.75, 3.05) is 13.1 Å². The molecule has 1 aromatic heterocycles. The molecule has 0 spiro atoms. The molecule has 1 amide bonds. The maximum Gasteiger partial charge on any atom is 0.259 e. The van der Waals surface area contributed by atoms with E-state index >= 15 is 0 Å². The van der Waals surface area contributed by atoms with Crippen LogP contribution in [0.3, 0.4) is 0 Å². The van der Waals surface area contributed by atoms with E-state index in [4.69, 9.17) is 4.52 Å². The molecule has 1 aliphatic heterocycles. The number of likely N-dealkylation sites (tertiary alicyclic amines) is 1. The first-order valence-corrected chi connectivity index (χ1v) is 7.04. The third-order valence-electron chi connectivity index (χ3n) is 4.06. The van der Waals surface area contributed by atoms with Gasteiger partial charge in [0.05, 0.1) is 5.69 Å². The zero-order valence-corrected chi connectivity index (χ0v) is 12.1. The van der Waals surface area contributed by atoms with E-state index in [1.54, 1.807) is 26.0 Å². The third kappa shape index (κ3) is 2.55. The molecule has 5 heteroatoms. The average Bonchev–Trinajstić information content (AvgIpc) is 3.07. The molecule has 1 saturated heterocycles. The minimum absolute atomic E-state index is 0.0316. The van der Waals surface area contributed by atoms with Gasteiger partial charge in [0, 0.05) is 19.0 Å². The highest BCUT2D eigenvalue weighted by Crippen LogP contribution is 2.29. The maximum atomic E-state index is 13.0. The van der Waals surface area contributed by atoms with Crippen LogP contribution in [0, 0.1) is 19.7 Å². The van der Waals surface area contributed by atoms with Gasteiger partial charge in [-0.2, -0.15) is 0 Å². The number of amides is 1. The predicted octanol–water partition coefficient (Wildman–Crippen LogP) is 3.06. The molecule has 0 saturated carbocycles. The first kappa shape index (κ1) is 13.8. The lowest BCUT2D eigenvalue weighted by molar-refractivity contribution is 0.0788. The van der Waals surface area contributed by atoms with Crippen molar-refractivity contribution in [1.29, 1.82) is 0 Å². The van der Waals surface area contributed by atoms with Crippen molar-refractivity contribution >= 4 is 5.91 Å². The summed E-state index contributed by atoms with van der Waals surface area (Å²) < 4.78 is 18.0. The van der Waals surface area contributed by atoms with Crippen LogP contribution < -0.4 is 0 Å². The minimum Gasteiger partial charge on any atom is -0.361 e. The number of hydrogen-bond acceptors (Lipinski definition) is 3. The highest BCUT2D eigenvalue weighted by molar-refractivity contribution is 5.96. The largest absolute Gasteiger partial charge is 0.361 e. The highest BCUT2D eigenvalue weighted by atomic mass is 19.1. The molecule has 110 valence electrons. The molecular weight excluding hydrogens is 271 g/mol. The second kappa shape index (κ2) is 5.31. The standard InChI is InChI=1S/C16H17FN2O2/c1-10-15(11(2)21-18-10)16(20)19-8-7-13(9-19)12-3-5-14(17)6-4-12/h3-6,13H,7-9H2,1-2H3/t13-/m1/s1. The first-order chi connectivity index (χ1) is 10.1. The van der Waals surface area contributed by atoms with Crippen LogP contribution in [-0.2, 0) is 0 Å². The Hall–Kier alpha value is -2.17. The molecule has 1 atom stereocenters. The fraction of sp³-hybridized carbons (Fsp3) is 0.375. The molecule has 0 aliphatic carbocycles. The first-order valence-electron chi connectivity index (χ1n) is 7.04. The van der Waals surface area contributed by atoms with Gasteiger partial charge in [0.25, 0.3) is 5.91 Å². The van der Waals surface area contributed by atoms with Crippen LogP contribution >= 0.6 is 0 Å². The number of nitrogens with zero attached hydrogens (tertiary/aromatic N) is 2. The Morgan fingerprint density at radius 1 is 1.33 bits per heavy atom. The maximum absolute atomic E-state index is 13.0. The number of benzene rings is 1.